The van der Waals surface area contributed by atoms with E-state index in [9.17, 15) is 8.78 Å². The van der Waals surface area contributed by atoms with Crippen LogP contribution in [0.4, 0.5) is 8.78 Å². The van der Waals surface area contributed by atoms with E-state index in [1.807, 2.05) is 0 Å². The van der Waals surface area contributed by atoms with Crippen molar-refractivity contribution in [1.82, 2.24) is 0 Å². The van der Waals surface area contributed by atoms with E-state index in [1.165, 1.54) is 0 Å². The van der Waals surface area contributed by atoms with Gasteiger partial charge in [-0.3, -0.25) is 0 Å². The molecule has 0 unspecified atom stereocenters. The molecule has 0 rings (SSSR count). The minimum absolute atomic E-state index is 0.108. The maximum atomic E-state index is 12.2. The Bertz CT molecular complexity index is 182. The zero-order valence-electron chi connectivity index (χ0n) is 5.40. The van der Waals surface area contributed by atoms with Gasteiger partial charge in [-0.2, -0.15) is 0 Å². The van der Waals surface area contributed by atoms with Gasteiger partial charge in [-0.1, -0.05) is 13.2 Å². The number of aliphatic hydroxyl groups is 1. The highest BCUT2D eigenvalue weighted by Gasteiger charge is 1.98. The Hall–Kier alpha value is -0.960. The molecule has 0 aromatic rings. The SMILES string of the molecule is C=C(/C=C(/F)C(=C)F)CO. The molecule has 1 nitrogen and oxygen atoms in total. The highest BCUT2D eigenvalue weighted by atomic mass is 19.2. The molecular formula is C7H8F2O. The number of aliphatic hydroxyl groups excluding tert-OH is 1. The number of halogens is 2. The molecule has 0 saturated carbocycles. The fourth-order valence-corrected chi connectivity index (χ4v) is 0.303. The Balaban J connectivity index is 4.16. The lowest BCUT2D eigenvalue weighted by Gasteiger charge is -1.92. The van der Waals surface area contributed by atoms with Crippen LogP contribution in [-0.4, -0.2) is 11.7 Å². The van der Waals surface area contributed by atoms with E-state index in [0.29, 0.717) is 0 Å². The summed E-state index contributed by atoms with van der Waals surface area (Å²) in [5.74, 6) is -2.26. The fourth-order valence-electron chi connectivity index (χ4n) is 0.303. The van der Waals surface area contributed by atoms with Crippen LogP contribution in [0.15, 0.2) is 36.5 Å². The molecule has 0 aliphatic rings. The normalized spacial score (nSPS) is 11.3. The molecule has 0 aromatic heterocycles. The van der Waals surface area contributed by atoms with Crippen LogP contribution in [0.5, 0.6) is 0 Å². The Morgan fingerprint density at radius 1 is 1.40 bits per heavy atom. The van der Waals surface area contributed by atoms with Gasteiger partial charge < -0.3 is 5.11 Å². The molecule has 0 amide bonds. The van der Waals surface area contributed by atoms with Crippen LogP contribution < -0.4 is 0 Å². The minimum Gasteiger partial charge on any atom is -0.392 e. The molecule has 0 bridgehead atoms. The summed E-state index contributed by atoms with van der Waals surface area (Å²) in [6, 6.07) is 0. The van der Waals surface area contributed by atoms with Gasteiger partial charge in [0.1, 0.15) is 0 Å². The van der Waals surface area contributed by atoms with E-state index in [2.05, 4.69) is 13.2 Å². The van der Waals surface area contributed by atoms with Crippen molar-refractivity contribution >= 4 is 0 Å². The molecule has 0 aliphatic carbocycles. The van der Waals surface area contributed by atoms with Crippen molar-refractivity contribution in [3.63, 3.8) is 0 Å². The Morgan fingerprint density at radius 2 is 1.90 bits per heavy atom. The molecule has 0 saturated heterocycles. The average Bonchev–Trinajstić information content (AvgIpc) is 1.87. The first kappa shape index (κ1) is 9.04. The zero-order chi connectivity index (χ0) is 8.15. The van der Waals surface area contributed by atoms with Crippen LogP contribution in [0.2, 0.25) is 0 Å². The summed E-state index contributed by atoms with van der Waals surface area (Å²) in [6.45, 7) is 5.54. The summed E-state index contributed by atoms with van der Waals surface area (Å²) in [5, 5.41) is 8.30. The van der Waals surface area contributed by atoms with Gasteiger partial charge in [0.05, 0.1) is 6.61 Å². The Kier molecular flexibility index (Phi) is 3.57. The predicted molar refractivity (Wildman–Crippen MR) is 35.7 cm³/mol. The van der Waals surface area contributed by atoms with E-state index in [1.54, 1.807) is 0 Å². The summed E-state index contributed by atoms with van der Waals surface area (Å²) >= 11 is 0. The lowest BCUT2D eigenvalue weighted by molar-refractivity contribution is 0.335. The Labute approximate surface area is 58.0 Å². The first-order chi connectivity index (χ1) is 4.57. The number of rotatable bonds is 3. The molecule has 10 heavy (non-hydrogen) atoms. The minimum atomic E-state index is -1.16. The lowest BCUT2D eigenvalue weighted by Crippen LogP contribution is -1.84. The van der Waals surface area contributed by atoms with E-state index in [-0.39, 0.29) is 12.2 Å². The van der Waals surface area contributed by atoms with Crippen molar-refractivity contribution in [2.45, 2.75) is 0 Å². The van der Waals surface area contributed by atoms with Crippen LogP contribution in [-0.2, 0) is 0 Å². The van der Waals surface area contributed by atoms with Crippen LogP contribution in [0.1, 0.15) is 0 Å². The van der Waals surface area contributed by atoms with Crippen molar-refractivity contribution < 1.29 is 13.9 Å². The summed E-state index contributed by atoms with van der Waals surface area (Å²) in [7, 11) is 0. The van der Waals surface area contributed by atoms with Crippen LogP contribution >= 0.6 is 0 Å². The van der Waals surface area contributed by atoms with Gasteiger partial charge in [0.25, 0.3) is 0 Å². The second-order valence-electron chi connectivity index (χ2n) is 1.71. The summed E-state index contributed by atoms with van der Waals surface area (Å²) in [5.41, 5.74) is 0.108. The smallest absolute Gasteiger partial charge is 0.158 e. The monoisotopic (exact) mass is 146 g/mol. The van der Waals surface area contributed by atoms with Crippen molar-refractivity contribution in [2.24, 2.45) is 0 Å². The molecule has 0 aliphatic heterocycles. The molecule has 0 atom stereocenters. The second kappa shape index (κ2) is 3.95. The predicted octanol–water partition coefficient (Wildman–Crippen LogP) is 1.87. The van der Waals surface area contributed by atoms with Crippen LogP contribution in [0.3, 0.4) is 0 Å². The van der Waals surface area contributed by atoms with E-state index in [0.717, 1.165) is 6.08 Å². The van der Waals surface area contributed by atoms with Gasteiger partial charge in [-0.25, -0.2) is 8.78 Å². The molecule has 56 valence electrons. The topological polar surface area (TPSA) is 20.2 Å². The molecule has 0 aromatic carbocycles. The van der Waals surface area contributed by atoms with Gasteiger partial charge in [0, 0.05) is 0 Å². The molecule has 0 heterocycles. The van der Waals surface area contributed by atoms with Gasteiger partial charge >= 0.3 is 0 Å². The number of allylic oxidation sites excluding steroid dienone is 2. The van der Waals surface area contributed by atoms with E-state index < -0.39 is 11.7 Å². The standard InChI is InChI=1S/C7H8F2O/c1-5(4-10)3-7(9)6(2)8/h3,10H,1-2,4H2/b7-3+. The highest BCUT2D eigenvalue weighted by molar-refractivity contribution is 5.25. The largest absolute Gasteiger partial charge is 0.392 e. The molecule has 0 spiro atoms. The maximum Gasteiger partial charge on any atom is 0.158 e. The lowest BCUT2D eigenvalue weighted by atomic mass is 10.3. The first-order valence-electron chi connectivity index (χ1n) is 2.58. The van der Waals surface area contributed by atoms with Gasteiger partial charge in [-0.15, -0.1) is 0 Å². The highest BCUT2D eigenvalue weighted by Crippen LogP contribution is 2.11. The van der Waals surface area contributed by atoms with Crippen molar-refractivity contribution in [2.75, 3.05) is 6.61 Å². The van der Waals surface area contributed by atoms with Gasteiger partial charge in [0.15, 0.2) is 11.7 Å². The third-order valence-electron chi connectivity index (χ3n) is 0.793. The molecule has 3 heteroatoms. The Morgan fingerprint density at radius 3 is 2.20 bits per heavy atom. The van der Waals surface area contributed by atoms with Gasteiger partial charge in [0.2, 0.25) is 0 Å². The van der Waals surface area contributed by atoms with Crippen molar-refractivity contribution in [3.8, 4) is 0 Å². The summed E-state index contributed by atoms with van der Waals surface area (Å²) in [6.07, 6.45) is 0.794. The fraction of sp³-hybridized carbons (Fsp3) is 0.143. The second-order valence-corrected chi connectivity index (χ2v) is 1.71. The zero-order valence-corrected chi connectivity index (χ0v) is 5.40. The van der Waals surface area contributed by atoms with Crippen LogP contribution in [0.25, 0.3) is 0 Å². The van der Waals surface area contributed by atoms with Gasteiger partial charge in [-0.05, 0) is 11.6 Å². The quantitative estimate of drug-likeness (QED) is 0.602. The van der Waals surface area contributed by atoms with E-state index >= 15 is 0 Å². The summed E-state index contributed by atoms with van der Waals surface area (Å²) in [4.78, 5) is 0. The van der Waals surface area contributed by atoms with Crippen molar-refractivity contribution in [3.05, 3.63) is 36.5 Å². The molecular weight excluding hydrogens is 138 g/mol. The van der Waals surface area contributed by atoms with Crippen molar-refractivity contribution in [1.29, 1.82) is 0 Å². The average molecular weight is 146 g/mol. The third kappa shape index (κ3) is 3.14. The molecule has 1 N–H and O–H groups in total. The third-order valence-corrected chi connectivity index (χ3v) is 0.793. The van der Waals surface area contributed by atoms with E-state index in [4.69, 9.17) is 5.11 Å². The first-order valence-corrected chi connectivity index (χ1v) is 2.58. The summed E-state index contributed by atoms with van der Waals surface area (Å²) < 4.78 is 24.0. The van der Waals surface area contributed by atoms with Crippen LogP contribution in [0, 0.1) is 0 Å². The number of hydrogen-bond donors (Lipinski definition) is 1. The number of hydrogen-bond acceptors (Lipinski definition) is 1. The molecule has 0 fully saturated rings. The molecule has 0 radical (unpaired) electrons. The maximum absolute atomic E-state index is 12.2.